The third-order valence-electron chi connectivity index (χ3n) is 15.4. The van der Waals surface area contributed by atoms with Crippen LogP contribution in [0.15, 0.2) is 12.1 Å². The molecule has 55 heavy (non-hydrogen) atoms. The van der Waals surface area contributed by atoms with Crippen LogP contribution in [0.2, 0.25) is 0 Å². The van der Waals surface area contributed by atoms with E-state index in [0.717, 1.165) is 25.7 Å². The van der Waals surface area contributed by atoms with Crippen LogP contribution in [0.4, 0.5) is 0 Å². The number of fused-ring (bicyclic) bond motifs is 15. The Kier molecular flexibility index (Phi) is 9.26. The molecule has 3 aromatic carbocycles. The highest BCUT2D eigenvalue weighted by Gasteiger charge is 2.42. The Morgan fingerprint density at radius 1 is 0.382 bits per heavy atom. The van der Waals surface area contributed by atoms with Crippen LogP contribution >= 0.6 is 0 Å². The monoisotopic (exact) mass is 737 g/mol. The Morgan fingerprint density at radius 2 is 0.745 bits per heavy atom. The molecule has 0 fully saturated rings. The van der Waals surface area contributed by atoms with Crippen LogP contribution in [-0.2, 0) is 89.9 Å². The summed E-state index contributed by atoms with van der Waals surface area (Å²) in [5.41, 5.74) is 25.7. The summed E-state index contributed by atoms with van der Waals surface area (Å²) in [6.45, 7) is 18.5. The van der Waals surface area contributed by atoms with Crippen molar-refractivity contribution in [3.8, 4) is 0 Å². The van der Waals surface area contributed by atoms with Crippen molar-refractivity contribution in [3.63, 3.8) is 0 Å². The quantitative estimate of drug-likeness (QED) is 0.230. The maximum atomic E-state index is 12.7. The van der Waals surface area contributed by atoms with Gasteiger partial charge in [0.1, 0.15) is 0 Å². The lowest BCUT2D eigenvalue weighted by atomic mass is 9.81. The second kappa shape index (κ2) is 13.6. The zero-order chi connectivity index (χ0) is 38.6. The van der Waals surface area contributed by atoms with Gasteiger partial charge in [-0.3, -0.25) is 9.59 Å². The molecule has 0 aliphatic heterocycles. The van der Waals surface area contributed by atoms with Crippen molar-refractivity contribution in [1.29, 1.82) is 0 Å². The lowest BCUT2D eigenvalue weighted by Gasteiger charge is -2.23. The third-order valence-corrected chi connectivity index (χ3v) is 15.4. The van der Waals surface area contributed by atoms with E-state index >= 15 is 0 Å². The first-order valence-electron chi connectivity index (χ1n) is 22.7. The van der Waals surface area contributed by atoms with Crippen LogP contribution in [0.25, 0.3) is 0 Å². The molecule has 8 aliphatic carbocycles. The van der Waals surface area contributed by atoms with E-state index in [0.29, 0.717) is 27.8 Å². The standard InChI is InChI=1S/2C19H24O.C15H20/c1-11-8-14-16-10-19(2,3)9-15(16)12-6-4-5-7-13(12)17(14)18(11)20;1-11-8-14-12-6-4-5-7-13(12)15-9-19(2,3)10-16(15)17(14)18(11)20;1-15(2)9-12-8-7-11-5-3-4-6-13(11)14(12)10-15/h2*11H,4-10H2,1-3H3;7-8H,3-6,9-10H2,1-2H3. The van der Waals surface area contributed by atoms with Crippen LogP contribution in [0.1, 0.15) is 193 Å². The Bertz CT molecular complexity index is 2120. The fourth-order valence-electron chi connectivity index (χ4n) is 13.1. The average molecular weight is 737 g/mol. The largest absolute Gasteiger partial charge is 0.294 e. The molecule has 2 unspecified atom stereocenters. The number of carbonyl (C=O) groups is 2. The maximum absolute atomic E-state index is 12.7. The molecule has 292 valence electrons. The molecule has 8 aliphatic rings. The molecule has 11 rings (SSSR count). The molecular formula is C53H68O2. The number of rotatable bonds is 0. The van der Waals surface area contributed by atoms with E-state index in [1.165, 1.54) is 136 Å². The summed E-state index contributed by atoms with van der Waals surface area (Å²) in [6.07, 6.45) is 24.8. The molecule has 0 radical (unpaired) electrons. The highest BCUT2D eigenvalue weighted by Crippen LogP contribution is 2.49. The smallest absolute Gasteiger partial charge is 0.166 e. The number of aryl methyl sites for hydroxylation is 1. The Morgan fingerprint density at radius 3 is 1.35 bits per heavy atom. The van der Waals surface area contributed by atoms with Crippen molar-refractivity contribution >= 4 is 11.6 Å². The zero-order valence-electron chi connectivity index (χ0n) is 35.8. The molecular weight excluding hydrogens is 669 g/mol. The molecule has 0 spiro atoms. The number of hydrogen-bond acceptors (Lipinski definition) is 2. The number of carbonyl (C=O) groups excluding carboxylic acids is 2. The molecule has 0 bridgehead atoms. The number of Topliss-reactive ketones (excluding diaryl/α,β-unsaturated/α-hetero) is 2. The van der Waals surface area contributed by atoms with Crippen molar-refractivity contribution in [2.75, 3.05) is 0 Å². The lowest BCUT2D eigenvalue weighted by Crippen LogP contribution is -2.14. The minimum absolute atomic E-state index is 0.214. The molecule has 2 heteroatoms. The van der Waals surface area contributed by atoms with Crippen molar-refractivity contribution in [1.82, 2.24) is 0 Å². The van der Waals surface area contributed by atoms with Crippen molar-refractivity contribution < 1.29 is 9.59 Å². The Hall–Kier alpha value is -3.00. The van der Waals surface area contributed by atoms with Gasteiger partial charge in [-0.1, -0.05) is 67.5 Å². The Balaban J connectivity index is 0.000000110. The van der Waals surface area contributed by atoms with Crippen LogP contribution in [-0.4, -0.2) is 11.6 Å². The van der Waals surface area contributed by atoms with Gasteiger partial charge in [0.15, 0.2) is 11.6 Å². The van der Waals surface area contributed by atoms with Crippen LogP contribution in [0.3, 0.4) is 0 Å². The van der Waals surface area contributed by atoms with E-state index in [9.17, 15) is 9.59 Å². The predicted octanol–water partition coefficient (Wildman–Crippen LogP) is 11.8. The fourth-order valence-corrected chi connectivity index (χ4v) is 13.1. The van der Waals surface area contributed by atoms with Gasteiger partial charge in [-0.2, -0.15) is 0 Å². The topological polar surface area (TPSA) is 34.1 Å². The molecule has 0 aromatic heterocycles. The van der Waals surface area contributed by atoms with Crippen LogP contribution < -0.4 is 0 Å². The summed E-state index contributed by atoms with van der Waals surface area (Å²) >= 11 is 0. The summed E-state index contributed by atoms with van der Waals surface area (Å²) in [5.74, 6) is 1.30. The van der Waals surface area contributed by atoms with Gasteiger partial charge in [0, 0.05) is 23.0 Å². The van der Waals surface area contributed by atoms with E-state index in [1.54, 1.807) is 55.6 Å². The van der Waals surface area contributed by atoms with Gasteiger partial charge < -0.3 is 0 Å². The van der Waals surface area contributed by atoms with E-state index in [-0.39, 0.29) is 11.8 Å². The summed E-state index contributed by atoms with van der Waals surface area (Å²) in [7, 11) is 0. The second-order valence-electron chi connectivity index (χ2n) is 22.0. The summed E-state index contributed by atoms with van der Waals surface area (Å²) in [4.78, 5) is 25.3. The van der Waals surface area contributed by atoms with Crippen molar-refractivity contribution in [2.45, 2.75) is 184 Å². The van der Waals surface area contributed by atoms with Gasteiger partial charge in [-0.25, -0.2) is 0 Å². The van der Waals surface area contributed by atoms with E-state index < -0.39 is 0 Å². The van der Waals surface area contributed by atoms with Gasteiger partial charge >= 0.3 is 0 Å². The molecule has 3 aromatic rings. The van der Waals surface area contributed by atoms with Crippen LogP contribution in [0, 0.1) is 28.1 Å². The zero-order valence-corrected chi connectivity index (χ0v) is 35.8. The molecule has 0 amide bonds. The first kappa shape index (κ1) is 37.6. The van der Waals surface area contributed by atoms with Gasteiger partial charge in [-0.05, 0) is 223 Å². The van der Waals surface area contributed by atoms with E-state index in [4.69, 9.17) is 0 Å². The number of ketones is 2. The maximum Gasteiger partial charge on any atom is 0.166 e. The van der Waals surface area contributed by atoms with Gasteiger partial charge in [0.2, 0.25) is 0 Å². The molecule has 0 saturated heterocycles. The van der Waals surface area contributed by atoms with Crippen LogP contribution in [0.5, 0.6) is 0 Å². The van der Waals surface area contributed by atoms with Gasteiger partial charge in [-0.15, -0.1) is 0 Å². The van der Waals surface area contributed by atoms with E-state index in [2.05, 4.69) is 67.5 Å². The molecule has 0 N–H and O–H groups in total. The number of hydrogen-bond donors (Lipinski definition) is 0. The lowest BCUT2D eigenvalue weighted by molar-refractivity contribution is 0.0938. The summed E-state index contributed by atoms with van der Waals surface area (Å²) in [6, 6.07) is 4.79. The summed E-state index contributed by atoms with van der Waals surface area (Å²) in [5, 5.41) is 0. The average Bonchev–Trinajstić information content (AvgIpc) is 3.92. The van der Waals surface area contributed by atoms with Crippen molar-refractivity contribution in [3.05, 3.63) is 101 Å². The minimum Gasteiger partial charge on any atom is -0.294 e. The first-order valence-corrected chi connectivity index (χ1v) is 22.7. The summed E-state index contributed by atoms with van der Waals surface area (Å²) < 4.78 is 0. The number of benzene rings is 3. The minimum atomic E-state index is 0.214. The third kappa shape index (κ3) is 6.52. The highest BCUT2D eigenvalue weighted by atomic mass is 16.1. The highest BCUT2D eigenvalue weighted by molar-refractivity contribution is 6.05. The first-order chi connectivity index (χ1) is 26.1. The predicted molar refractivity (Wildman–Crippen MR) is 227 cm³/mol. The van der Waals surface area contributed by atoms with Crippen molar-refractivity contribution in [2.24, 2.45) is 28.1 Å². The molecule has 2 nitrogen and oxygen atoms in total. The molecule has 0 heterocycles. The molecule has 2 atom stereocenters. The Labute approximate surface area is 333 Å². The van der Waals surface area contributed by atoms with Gasteiger partial charge in [0.25, 0.3) is 0 Å². The second-order valence-corrected chi connectivity index (χ2v) is 22.0. The van der Waals surface area contributed by atoms with Gasteiger partial charge in [0.05, 0.1) is 0 Å². The van der Waals surface area contributed by atoms with E-state index in [1.807, 2.05) is 0 Å². The normalized spacial score (nSPS) is 25.2. The fraction of sp³-hybridized carbons (Fsp3) is 0.623. The SMILES string of the molecule is CC1(C)Cc2ccc3c(c2C1)CCCC3.CC1Cc2c3c(c4c(c2C1=O)CC(C)(C)C4)CCCC3.CC1Cc2c3c(c4c(c2C1=O)CCCC4)CC(C)(C)C3. The molecule has 0 saturated carbocycles.